The molecule has 10 heteroatoms. The maximum Gasteiger partial charge on any atom is 0.410 e. The van der Waals surface area contributed by atoms with Crippen molar-refractivity contribution in [3.8, 4) is 0 Å². The summed E-state index contributed by atoms with van der Waals surface area (Å²) in [6, 6.07) is 8.25. The van der Waals surface area contributed by atoms with Crippen molar-refractivity contribution < 1.29 is 33.0 Å². The van der Waals surface area contributed by atoms with Gasteiger partial charge in [0.25, 0.3) is 0 Å². The minimum Gasteiger partial charge on any atom is -0.445 e. The van der Waals surface area contributed by atoms with Gasteiger partial charge >= 0.3 is 6.09 Å². The maximum atomic E-state index is 14.0. The highest BCUT2D eigenvalue weighted by atomic mass is 28.4. The molecule has 8 nitrogen and oxygen atoms in total. The van der Waals surface area contributed by atoms with E-state index in [9.17, 15) is 9.90 Å². The summed E-state index contributed by atoms with van der Waals surface area (Å²) in [7, 11) is -3.03. The third-order valence-corrected chi connectivity index (χ3v) is 17.9. The highest BCUT2D eigenvalue weighted by molar-refractivity contribution is 6.74. The van der Waals surface area contributed by atoms with Gasteiger partial charge in [-0.2, -0.15) is 0 Å². The van der Waals surface area contributed by atoms with E-state index >= 15 is 0 Å². The second kappa shape index (κ2) is 14.3. The molecule has 0 unspecified atom stereocenters. The monoisotopic (exact) mass is 609 g/mol. The zero-order valence-corrected chi connectivity index (χ0v) is 29.2. The Bertz CT molecular complexity index is 975. The van der Waals surface area contributed by atoms with Gasteiger partial charge < -0.3 is 28.2 Å². The zero-order chi connectivity index (χ0) is 31.2. The van der Waals surface area contributed by atoms with E-state index in [1.807, 2.05) is 30.3 Å². The van der Waals surface area contributed by atoms with Crippen LogP contribution in [0.1, 0.15) is 53.5 Å². The summed E-state index contributed by atoms with van der Waals surface area (Å²) >= 11 is 0. The lowest BCUT2D eigenvalue weighted by molar-refractivity contribution is -0.119. The lowest BCUT2D eigenvalue weighted by Gasteiger charge is -2.42. The average molecular weight is 610 g/mol. The van der Waals surface area contributed by atoms with Gasteiger partial charge in [0.05, 0.1) is 30.9 Å². The quantitative estimate of drug-likeness (QED) is 0.151. The molecular formula is C31H55NO7Si2. The van der Waals surface area contributed by atoms with E-state index in [4.69, 9.17) is 23.1 Å². The molecular weight excluding hydrogens is 555 g/mol. The minimum absolute atomic E-state index is 0.0119. The van der Waals surface area contributed by atoms with Crippen molar-refractivity contribution in [1.82, 2.24) is 4.90 Å². The van der Waals surface area contributed by atoms with Crippen LogP contribution in [0.3, 0.4) is 0 Å². The molecule has 1 N–H and O–H groups in total. The summed E-state index contributed by atoms with van der Waals surface area (Å²) in [5.74, 6) is 0. The SMILES string of the molecule is C=CC[C@@H](O)[C@H]1[C@@H](OCOC)[C@H](O[Si](C)(C)C(C)(C)C)[C@@H](CO[Si](C)(C)C(C)(C)C)N1C(=O)OCc1ccccc1. The number of methoxy groups -OCH3 is 1. The van der Waals surface area contributed by atoms with Gasteiger partial charge in [-0.25, -0.2) is 4.79 Å². The van der Waals surface area contributed by atoms with Crippen LogP contribution in [0.5, 0.6) is 0 Å². The number of nitrogens with zero attached hydrogens (tertiary/aromatic N) is 1. The van der Waals surface area contributed by atoms with Crippen LogP contribution in [0.4, 0.5) is 4.79 Å². The van der Waals surface area contributed by atoms with Crippen molar-refractivity contribution in [3.05, 3.63) is 48.6 Å². The molecule has 1 saturated heterocycles. The van der Waals surface area contributed by atoms with Gasteiger partial charge in [0.1, 0.15) is 19.5 Å². The number of aliphatic hydroxyl groups excluding tert-OH is 1. The first kappa shape index (κ1) is 35.7. The van der Waals surface area contributed by atoms with Crippen LogP contribution in [0.15, 0.2) is 43.0 Å². The van der Waals surface area contributed by atoms with E-state index in [0.717, 1.165) is 5.56 Å². The van der Waals surface area contributed by atoms with Crippen molar-refractivity contribution in [2.45, 2.75) is 121 Å². The van der Waals surface area contributed by atoms with Crippen LogP contribution in [-0.2, 0) is 29.7 Å². The molecule has 5 atom stereocenters. The van der Waals surface area contributed by atoms with Crippen LogP contribution < -0.4 is 0 Å². The molecule has 0 aromatic heterocycles. The molecule has 0 radical (unpaired) electrons. The number of likely N-dealkylation sites (tertiary alicyclic amines) is 1. The van der Waals surface area contributed by atoms with Gasteiger partial charge in [-0.05, 0) is 48.2 Å². The Morgan fingerprint density at radius 3 is 2.12 bits per heavy atom. The summed E-state index contributed by atoms with van der Waals surface area (Å²) in [5.41, 5.74) is 0.874. The van der Waals surface area contributed by atoms with E-state index in [-0.39, 0.29) is 36.5 Å². The fraction of sp³-hybridized carbons (Fsp3) is 0.710. The molecule has 1 amide bonds. The molecule has 0 saturated carbocycles. The summed E-state index contributed by atoms with van der Waals surface area (Å²) < 4.78 is 31.2. The molecule has 0 aliphatic carbocycles. The summed E-state index contributed by atoms with van der Waals surface area (Å²) in [6.45, 7) is 26.0. The normalized spacial score (nSPS) is 23.0. The number of rotatable bonds is 13. The summed E-state index contributed by atoms with van der Waals surface area (Å²) in [5, 5.41) is 11.3. The van der Waals surface area contributed by atoms with E-state index in [1.165, 1.54) is 0 Å². The summed E-state index contributed by atoms with van der Waals surface area (Å²) in [6.07, 6.45) is -0.821. The largest absolute Gasteiger partial charge is 0.445 e. The lowest BCUT2D eigenvalue weighted by atomic mass is 10.0. The standard InChI is InChI=1S/C31H55NO7Si2/c1-13-17-25(33)26-28(37-22-35-8)27(39-41(11,12)31(5,6)7)24(21-38-40(9,10)30(2,3)4)32(26)29(34)36-20-23-18-15-14-16-19-23/h13-16,18-19,24-28,33H,1,17,20-22H2,2-12H3/t24-,25-,26+,27-,28-/m1/s1. The van der Waals surface area contributed by atoms with Gasteiger partial charge in [0.2, 0.25) is 0 Å². The van der Waals surface area contributed by atoms with Crippen LogP contribution in [-0.4, -0.2) is 83.6 Å². The van der Waals surface area contributed by atoms with Crippen molar-refractivity contribution in [1.29, 1.82) is 0 Å². The first-order valence-electron chi connectivity index (χ1n) is 14.6. The Morgan fingerprint density at radius 1 is 1.02 bits per heavy atom. The Balaban J connectivity index is 2.62. The second-order valence-electron chi connectivity index (χ2n) is 14.0. The molecule has 1 fully saturated rings. The molecule has 1 aromatic carbocycles. The van der Waals surface area contributed by atoms with Crippen molar-refractivity contribution in [3.63, 3.8) is 0 Å². The van der Waals surface area contributed by atoms with Gasteiger partial charge in [-0.1, -0.05) is 78.0 Å². The third kappa shape index (κ3) is 8.98. The lowest BCUT2D eigenvalue weighted by Crippen LogP contribution is -2.54. The van der Waals surface area contributed by atoms with Crippen LogP contribution in [0.25, 0.3) is 0 Å². The van der Waals surface area contributed by atoms with Gasteiger partial charge in [0, 0.05) is 7.11 Å². The highest BCUT2D eigenvalue weighted by Gasteiger charge is 2.58. The number of carbonyl (C=O) groups excluding carboxylic acids is 1. The maximum absolute atomic E-state index is 14.0. The molecule has 1 aliphatic rings. The number of ether oxygens (including phenoxy) is 3. The fourth-order valence-corrected chi connectivity index (χ4v) is 6.75. The molecule has 2 rings (SSSR count). The Morgan fingerprint density at radius 2 is 1.61 bits per heavy atom. The number of hydrogen-bond donors (Lipinski definition) is 1. The molecule has 0 spiro atoms. The van der Waals surface area contributed by atoms with E-state index in [0.29, 0.717) is 0 Å². The molecule has 1 aliphatic heterocycles. The van der Waals surface area contributed by atoms with E-state index in [2.05, 4.69) is 74.3 Å². The second-order valence-corrected chi connectivity index (χ2v) is 23.6. The van der Waals surface area contributed by atoms with E-state index < -0.39 is 53.1 Å². The molecule has 41 heavy (non-hydrogen) atoms. The first-order valence-corrected chi connectivity index (χ1v) is 20.4. The molecule has 234 valence electrons. The predicted octanol–water partition coefficient (Wildman–Crippen LogP) is 6.71. The predicted molar refractivity (Wildman–Crippen MR) is 169 cm³/mol. The van der Waals surface area contributed by atoms with Crippen molar-refractivity contribution in [2.75, 3.05) is 20.5 Å². The summed E-state index contributed by atoms with van der Waals surface area (Å²) in [4.78, 5) is 15.6. The molecule has 1 heterocycles. The first-order chi connectivity index (χ1) is 18.9. The van der Waals surface area contributed by atoms with Crippen LogP contribution in [0.2, 0.25) is 36.3 Å². The zero-order valence-electron chi connectivity index (χ0n) is 27.2. The number of amides is 1. The smallest absolute Gasteiger partial charge is 0.410 e. The number of hydrogen-bond acceptors (Lipinski definition) is 7. The van der Waals surface area contributed by atoms with E-state index in [1.54, 1.807) is 18.1 Å². The topological polar surface area (TPSA) is 86.7 Å². The third-order valence-electron chi connectivity index (χ3n) is 8.97. The van der Waals surface area contributed by atoms with Gasteiger partial charge in [-0.3, -0.25) is 4.90 Å². The average Bonchev–Trinajstić information content (AvgIpc) is 3.16. The van der Waals surface area contributed by atoms with Gasteiger partial charge in [-0.15, -0.1) is 6.58 Å². The Labute approximate surface area is 250 Å². The Hall–Kier alpha value is -1.54. The number of carbonyl (C=O) groups is 1. The van der Waals surface area contributed by atoms with Crippen molar-refractivity contribution >= 4 is 22.7 Å². The van der Waals surface area contributed by atoms with Crippen LogP contribution in [0, 0.1) is 0 Å². The fourth-order valence-electron chi connectivity index (χ4n) is 4.40. The minimum atomic E-state index is -2.37. The van der Waals surface area contributed by atoms with Crippen LogP contribution >= 0.6 is 0 Å². The molecule has 1 aromatic rings. The Kier molecular flexibility index (Phi) is 12.4. The number of aliphatic hydroxyl groups is 1. The van der Waals surface area contributed by atoms with Crippen molar-refractivity contribution in [2.24, 2.45) is 0 Å². The highest BCUT2D eigenvalue weighted by Crippen LogP contribution is 2.43. The molecule has 0 bridgehead atoms. The number of benzene rings is 1. The van der Waals surface area contributed by atoms with Gasteiger partial charge in [0.15, 0.2) is 16.6 Å².